The fourth-order valence-corrected chi connectivity index (χ4v) is 7.76. The molecule has 0 saturated heterocycles. The average Bonchev–Trinajstić information content (AvgIpc) is 3.01. The van der Waals surface area contributed by atoms with Crippen LogP contribution in [0, 0.1) is 0 Å². The van der Waals surface area contributed by atoms with Crippen molar-refractivity contribution in [1.29, 1.82) is 0 Å². The lowest BCUT2D eigenvalue weighted by Gasteiger charge is -2.36. The number of hydrogen-bond acceptors (Lipinski definition) is 5. The lowest BCUT2D eigenvalue weighted by Crippen LogP contribution is -2.43. The zero-order valence-electron chi connectivity index (χ0n) is 22.3. The van der Waals surface area contributed by atoms with Crippen LogP contribution in [0.15, 0.2) is 132 Å². The maximum atomic E-state index is 13.4. The van der Waals surface area contributed by atoms with E-state index in [0.717, 1.165) is 27.5 Å². The van der Waals surface area contributed by atoms with Gasteiger partial charge in [-0.25, -0.2) is 8.42 Å². The second-order valence-corrected chi connectivity index (χ2v) is 12.4. The summed E-state index contributed by atoms with van der Waals surface area (Å²) in [5.74, 6) is -0.607. The Labute approximate surface area is 244 Å². The number of nitrogens with one attached hydrogen (secondary N) is 1. The molecular formula is C33H29NO5S2. The summed E-state index contributed by atoms with van der Waals surface area (Å²) < 4.78 is 33.8. The number of sulfonamides is 1. The van der Waals surface area contributed by atoms with Crippen LogP contribution in [0.5, 0.6) is 5.75 Å². The fraction of sp³-hybridized carbons (Fsp3) is 0.121. The van der Waals surface area contributed by atoms with Gasteiger partial charge in [0.1, 0.15) is 11.8 Å². The fourth-order valence-electron chi connectivity index (χ4n) is 4.88. The molecule has 0 aromatic heterocycles. The molecule has 208 valence electrons. The highest BCUT2D eigenvalue weighted by molar-refractivity contribution is 8.00. The van der Waals surface area contributed by atoms with Crippen molar-refractivity contribution < 1.29 is 23.1 Å². The highest BCUT2D eigenvalue weighted by atomic mass is 32.2. The summed E-state index contributed by atoms with van der Waals surface area (Å²) in [5.41, 5.74) is 2.77. The number of benzene rings is 5. The van der Waals surface area contributed by atoms with E-state index < -0.39 is 26.8 Å². The van der Waals surface area contributed by atoms with Crippen LogP contribution < -0.4 is 9.46 Å². The molecule has 8 heteroatoms. The number of carboxylic acids is 1. The molecule has 5 aromatic rings. The van der Waals surface area contributed by atoms with Crippen LogP contribution >= 0.6 is 11.8 Å². The van der Waals surface area contributed by atoms with E-state index in [1.807, 2.05) is 109 Å². The van der Waals surface area contributed by atoms with Gasteiger partial charge in [0.2, 0.25) is 10.0 Å². The minimum Gasteiger partial charge on any atom is -0.497 e. The predicted octanol–water partition coefficient (Wildman–Crippen LogP) is 6.31. The van der Waals surface area contributed by atoms with Crippen molar-refractivity contribution in [1.82, 2.24) is 4.72 Å². The highest BCUT2D eigenvalue weighted by Gasteiger charge is 2.39. The summed E-state index contributed by atoms with van der Waals surface area (Å²) in [7, 11) is -2.53. The van der Waals surface area contributed by atoms with Gasteiger partial charge in [-0.15, -0.1) is 11.8 Å². The van der Waals surface area contributed by atoms with Crippen LogP contribution in [0.3, 0.4) is 0 Å². The Morgan fingerprint density at radius 1 is 0.780 bits per heavy atom. The number of fused-ring (bicyclic) bond motifs is 1. The summed E-state index contributed by atoms with van der Waals surface area (Å²) in [5, 5.41) is 11.8. The third-order valence-corrected chi connectivity index (χ3v) is 10.1. The molecule has 0 saturated carbocycles. The Balaban J connectivity index is 1.54. The van der Waals surface area contributed by atoms with Crippen LogP contribution in [0.25, 0.3) is 10.8 Å². The molecule has 0 spiro atoms. The van der Waals surface area contributed by atoms with Crippen LogP contribution in [0.4, 0.5) is 0 Å². The lowest BCUT2D eigenvalue weighted by molar-refractivity contribution is -0.138. The SMILES string of the molecule is COc1ccc(C(SC[C@H](NS(=O)(=O)c2ccc3ccccc3c2)C(=O)O)(c2ccccc2)c2ccccc2)cc1. The number of aliphatic carboxylic acids is 1. The standard InChI is InChI=1S/C33H29NO5S2/c1-39-29-19-17-28(18-20-29)33(26-12-4-2-5-13-26,27-14-6-3-7-15-27)40-23-31(32(35)36)34-41(37,38)30-21-16-24-10-8-9-11-25(24)22-30/h2-22,31,34H,23H2,1H3,(H,35,36)/t31-/m0/s1. The number of carboxylic acid groups (broad SMARTS) is 1. The molecule has 0 aliphatic rings. The van der Waals surface area contributed by atoms with Crippen molar-refractivity contribution in [3.05, 3.63) is 144 Å². The molecular weight excluding hydrogens is 554 g/mol. The molecule has 0 fully saturated rings. The Kier molecular flexibility index (Phi) is 8.44. The van der Waals surface area contributed by atoms with Gasteiger partial charge in [-0.3, -0.25) is 4.79 Å². The van der Waals surface area contributed by atoms with Gasteiger partial charge in [0.05, 0.1) is 16.8 Å². The molecule has 0 radical (unpaired) electrons. The predicted molar refractivity (Wildman–Crippen MR) is 164 cm³/mol. The van der Waals surface area contributed by atoms with Gasteiger partial charge in [0.25, 0.3) is 0 Å². The van der Waals surface area contributed by atoms with Gasteiger partial charge >= 0.3 is 5.97 Å². The van der Waals surface area contributed by atoms with Crippen LogP contribution in [0.1, 0.15) is 16.7 Å². The van der Waals surface area contributed by atoms with Crippen molar-refractivity contribution in [3.8, 4) is 5.75 Å². The number of thioether (sulfide) groups is 1. The van der Waals surface area contributed by atoms with Gasteiger partial charge in [-0.2, -0.15) is 4.72 Å². The Hall–Kier alpha value is -4.11. The minimum absolute atomic E-state index is 0.0139. The van der Waals surface area contributed by atoms with E-state index in [1.54, 1.807) is 19.2 Å². The Bertz CT molecular complexity index is 1700. The maximum Gasteiger partial charge on any atom is 0.322 e. The first-order valence-corrected chi connectivity index (χ1v) is 15.4. The molecule has 5 rings (SSSR count). The van der Waals surface area contributed by atoms with E-state index in [1.165, 1.54) is 17.8 Å². The second kappa shape index (κ2) is 12.2. The average molecular weight is 584 g/mol. The minimum atomic E-state index is -4.13. The van der Waals surface area contributed by atoms with Crippen molar-refractivity contribution >= 4 is 38.5 Å². The molecule has 0 aliphatic heterocycles. The highest BCUT2D eigenvalue weighted by Crippen LogP contribution is 2.49. The number of ether oxygens (including phenoxy) is 1. The smallest absolute Gasteiger partial charge is 0.322 e. The number of carbonyl (C=O) groups is 1. The zero-order chi connectivity index (χ0) is 28.9. The monoisotopic (exact) mass is 583 g/mol. The molecule has 0 heterocycles. The molecule has 0 amide bonds. The Morgan fingerprint density at radius 2 is 1.32 bits per heavy atom. The topological polar surface area (TPSA) is 92.7 Å². The largest absolute Gasteiger partial charge is 0.497 e. The van der Waals surface area contributed by atoms with Crippen LogP contribution in [-0.4, -0.2) is 38.4 Å². The van der Waals surface area contributed by atoms with E-state index in [-0.39, 0.29) is 10.6 Å². The molecule has 0 aliphatic carbocycles. The van der Waals surface area contributed by atoms with Crippen LogP contribution in [0.2, 0.25) is 0 Å². The van der Waals surface area contributed by atoms with E-state index in [2.05, 4.69) is 4.72 Å². The molecule has 0 unspecified atom stereocenters. The molecule has 41 heavy (non-hydrogen) atoms. The molecule has 6 nitrogen and oxygen atoms in total. The summed E-state index contributed by atoms with van der Waals surface area (Å²) in [4.78, 5) is 12.5. The summed E-state index contributed by atoms with van der Waals surface area (Å²) in [6.45, 7) is 0. The second-order valence-electron chi connectivity index (χ2n) is 9.47. The number of methoxy groups -OCH3 is 1. The van der Waals surface area contributed by atoms with E-state index in [0.29, 0.717) is 5.75 Å². The van der Waals surface area contributed by atoms with E-state index >= 15 is 0 Å². The third-order valence-electron chi connectivity index (χ3n) is 6.95. The van der Waals surface area contributed by atoms with Gasteiger partial charge in [0, 0.05) is 5.75 Å². The molecule has 0 bridgehead atoms. The van der Waals surface area contributed by atoms with Gasteiger partial charge in [-0.1, -0.05) is 103 Å². The quantitative estimate of drug-likeness (QED) is 0.177. The van der Waals surface area contributed by atoms with Crippen LogP contribution in [-0.2, 0) is 19.6 Å². The first kappa shape index (κ1) is 28.4. The third kappa shape index (κ3) is 6.00. The first-order chi connectivity index (χ1) is 19.8. The van der Waals surface area contributed by atoms with Crippen molar-refractivity contribution in [3.63, 3.8) is 0 Å². The summed E-state index contributed by atoms with van der Waals surface area (Å²) >= 11 is 1.37. The van der Waals surface area contributed by atoms with E-state index in [4.69, 9.17) is 4.74 Å². The molecule has 2 N–H and O–H groups in total. The maximum absolute atomic E-state index is 13.4. The van der Waals surface area contributed by atoms with Gasteiger partial charge < -0.3 is 9.84 Å². The summed E-state index contributed by atoms with van der Waals surface area (Å²) in [6.07, 6.45) is 0. The van der Waals surface area contributed by atoms with Crippen molar-refractivity contribution in [2.24, 2.45) is 0 Å². The number of rotatable bonds is 11. The normalized spacial score (nSPS) is 12.6. The first-order valence-electron chi connectivity index (χ1n) is 13.0. The van der Waals surface area contributed by atoms with Crippen molar-refractivity contribution in [2.45, 2.75) is 15.7 Å². The zero-order valence-corrected chi connectivity index (χ0v) is 23.9. The van der Waals surface area contributed by atoms with Crippen molar-refractivity contribution in [2.75, 3.05) is 12.9 Å². The van der Waals surface area contributed by atoms with Gasteiger partial charge in [0.15, 0.2) is 0 Å². The van der Waals surface area contributed by atoms with Gasteiger partial charge in [-0.05, 0) is 51.7 Å². The number of hydrogen-bond donors (Lipinski definition) is 2. The lowest BCUT2D eigenvalue weighted by atomic mass is 9.84. The molecule has 1 atom stereocenters. The molecule has 5 aromatic carbocycles. The summed E-state index contributed by atoms with van der Waals surface area (Å²) in [6, 6.07) is 38.1. The van der Waals surface area contributed by atoms with E-state index in [9.17, 15) is 18.3 Å². The Morgan fingerprint density at radius 3 is 1.88 bits per heavy atom.